The Morgan fingerprint density at radius 2 is 1.75 bits per heavy atom. The van der Waals surface area contributed by atoms with E-state index in [1.165, 1.54) is 13.2 Å². The van der Waals surface area contributed by atoms with E-state index in [1.54, 1.807) is 0 Å². The average molecular weight is 173 g/mol. The van der Waals surface area contributed by atoms with Crippen LogP contribution < -0.4 is 0 Å². The van der Waals surface area contributed by atoms with Gasteiger partial charge in [0.15, 0.2) is 5.82 Å². The fourth-order valence-corrected chi connectivity index (χ4v) is 1.10. The zero-order chi connectivity index (χ0) is 9.52. The first-order valence-corrected chi connectivity index (χ1v) is 3.85. The van der Waals surface area contributed by atoms with E-state index in [0.717, 1.165) is 4.57 Å². The van der Waals surface area contributed by atoms with E-state index in [1.807, 2.05) is 20.8 Å². The molecule has 0 N–H and O–H groups in total. The Labute approximate surface area is 71.0 Å². The lowest BCUT2D eigenvalue weighted by molar-refractivity contribution is 0.446. The highest BCUT2D eigenvalue weighted by molar-refractivity contribution is 5.22. The van der Waals surface area contributed by atoms with Crippen molar-refractivity contribution in [1.82, 2.24) is 4.57 Å². The summed E-state index contributed by atoms with van der Waals surface area (Å²) in [6.07, 6.45) is 1.49. The summed E-state index contributed by atoms with van der Waals surface area (Å²) >= 11 is 0. The summed E-state index contributed by atoms with van der Waals surface area (Å²) in [5, 5.41) is 0. The third-order valence-electron chi connectivity index (χ3n) is 1.86. The zero-order valence-electron chi connectivity index (χ0n) is 7.78. The number of hydrogen-bond donors (Lipinski definition) is 0. The molecule has 1 rings (SSSR count). The summed E-state index contributed by atoms with van der Waals surface area (Å²) in [6.45, 7) is 5.56. The lowest BCUT2D eigenvalue weighted by atomic mass is 9.89. The lowest BCUT2D eigenvalue weighted by Gasteiger charge is -2.15. The van der Waals surface area contributed by atoms with Crippen LogP contribution >= 0.6 is 0 Å². The van der Waals surface area contributed by atoms with Gasteiger partial charge in [0.05, 0.1) is 0 Å². The first-order chi connectivity index (χ1) is 5.34. The van der Waals surface area contributed by atoms with Gasteiger partial charge in [0, 0.05) is 18.8 Å². The monoisotopic (exact) mass is 173 g/mol. The molecule has 12 heavy (non-hydrogen) atoms. The molecule has 0 amide bonds. The van der Waals surface area contributed by atoms with Crippen LogP contribution in [0.15, 0.2) is 6.20 Å². The van der Waals surface area contributed by atoms with Crippen molar-refractivity contribution < 1.29 is 8.78 Å². The fourth-order valence-electron chi connectivity index (χ4n) is 1.10. The molecule has 0 unspecified atom stereocenters. The van der Waals surface area contributed by atoms with Gasteiger partial charge in [-0.25, -0.2) is 4.39 Å². The van der Waals surface area contributed by atoms with Gasteiger partial charge in [0.2, 0.25) is 5.95 Å². The van der Waals surface area contributed by atoms with Gasteiger partial charge >= 0.3 is 0 Å². The first kappa shape index (κ1) is 9.23. The van der Waals surface area contributed by atoms with Crippen LogP contribution in [0.5, 0.6) is 0 Å². The average Bonchev–Trinajstić information content (AvgIpc) is 2.15. The Balaban J connectivity index is 3.28. The molecule has 68 valence electrons. The Morgan fingerprint density at radius 1 is 1.25 bits per heavy atom. The Kier molecular flexibility index (Phi) is 1.98. The lowest BCUT2D eigenvalue weighted by Crippen LogP contribution is -2.11. The van der Waals surface area contributed by atoms with Crippen LogP contribution in [0.3, 0.4) is 0 Å². The van der Waals surface area contributed by atoms with Crippen LogP contribution in [0, 0.1) is 11.8 Å². The fraction of sp³-hybridized carbons (Fsp3) is 0.556. The number of halogens is 2. The van der Waals surface area contributed by atoms with Gasteiger partial charge in [-0.15, -0.1) is 0 Å². The van der Waals surface area contributed by atoms with Gasteiger partial charge < -0.3 is 4.57 Å². The van der Waals surface area contributed by atoms with Crippen molar-refractivity contribution in [3.05, 3.63) is 23.5 Å². The minimum Gasteiger partial charge on any atom is -0.325 e. The van der Waals surface area contributed by atoms with Crippen molar-refractivity contribution in [3.8, 4) is 0 Å². The molecule has 0 aliphatic heterocycles. The second-order valence-corrected chi connectivity index (χ2v) is 4.01. The van der Waals surface area contributed by atoms with Crippen LogP contribution in [0.25, 0.3) is 0 Å². The minimum atomic E-state index is -0.792. The molecule has 1 nitrogen and oxygen atoms in total. The van der Waals surface area contributed by atoms with E-state index in [9.17, 15) is 8.78 Å². The largest absolute Gasteiger partial charge is 0.325 e. The summed E-state index contributed by atoms with van der Waals surface area (Å²) in [5.74, 6) is -1.52. The SMILES string of the molecule is Cn1cc(C(C)(C)C)c(F)c1F. The molecule has 0 saturated carbocycles. The molecular weight excluding hydrogens is 160 g/mol. The second-order valence-electron chi connectivity index (χ2n) is 4.01. The number of aryl methyl sites for hydroxylation is 1. The normalized spacial score (nSPS) is 12.2. The number of nitrogens with zero attached hydrogens (tertiary/aromatic N) is 1. The molecular formula is C9H13F2N. The smallest absolute Gasteiger partial charge is 0.229 e. The van der Waals surface area contributed by atoms with Crippen LogP contribution in [-0.4, -0.2) is 4.57 Å². The quantitative estimate of drug-likeness (QED) is 0.568. The molecule has 0 atom stereocenters. The second kappa shape index (κ2) is 2.57. The van der Waals surface area contributed by atoms with Crippen molar-refractivity contribution in [2.75, 3.05) is 0 Å². The van der Waals surface area contributed by atoms with Gasteiger partial charge in [-0.2, -0.15) is 4.39 Å². The van der Waals surface area contributed by atoms with Crippen LogP contribution in [0.2, 0.25) is 0 Å². The maximum absolute atomic E-state index is 13.1. The predicted molar refractivity (Wildman–Crippen MR) is 44.0 cm³/mol. The Bertz CT molecular complexity index is 294. The van der Waals surface area contributed by atoms with E-state index < -0.39 is 11.8 Å². The Morgan fingerprint density at radius 3 is 1.92 bits per heavy atom. The Hall–Kier alpha value is -0.860. The van der Waals surface area contributed by atoms with Gasteiger partial charge in [-0.1, -0.05) is 20.8 Å². The minimum absolute atomic E-state index is 0.341. The van der Waals surface area contributed by atoms with Crippen molar-refractivity contribution >= 4 is 0 Å². The van der Waals surface area contributed by atoms with E-state index >= 15 is 0 Å². The number of aromatic nitrogens is 1. The van der Waals surface area contributed by atoms with Gasteiger partial charge in [-0.3, -0.25) is 0 Å². The van der Waals surface area contributed by atoms with Crippen molar-refractivity contribution in [2.45, 2.75) is 26.2 Å². The highest BCUT2D eigenvalue weighted by Crippen LogP contribution is 2.26. The molecule has 0 fully saturated rings. The molecule has 3 heteroatoms. The highest BCUT2D eigenvalue weighted by Gasteiger charge is 2.23. The van der Waals surface area contributed by atoms with Gasteiger partial charge in [-0.05, 0) is 5.41 Å². The molecule has 0 spiro atoms. The standard InChI is InChI=1S/C9H13F2N/c1-9(2,3)6-5-12(4)8(11)7(6)10/h5H,1-4H3. The maximum Gasteiger partial charge on any atom is 0.229 e. The van der Waals surface area contributed by atoms with E-state index in [2.05, 4.69) is 0 Å². The summed E-state index contributed by atoms with van der Waals surface area (Å²) in [7, 11) is 1.49. The zero-order valence-corrected chi connectivity index (χ0v) is 7.78. The molecule has 0 saturated heterocycles. The summed E-state index contributed by atoms with van der Waals surface area (Å²) in [6, 6.07) is 0. The molecule has 0 aromatic carbocycles. The molecule has 1 heterocycles. The van der Waals surface area contributed by atoms with Gasteiger partial charge in [0.25, 0.3) is 0 Å². The van der Waals surface area contributed by atoms with Crippen LogP contribution in [0.4, 0.5) is 8.78 Å². The van der Waals surface area contributed by atoms with Crippen LogP contribution in [0.1, 0.15) is 26.3 Å². The third kappa shape index (κ3) is 1.36. The molecule has 0 radical (unpaired) electrons. The molecule has 0 aliphatic rings. The highest BCUT2D eigenvalue weighted by atomic mass is 19.2. The van der Waals surface area contributed by atoms with E-state index in [4.69, 9.17) is 0 Å². The van der Waals surface area contributed by atoms with E-state index in [-0.39, 0.29) is 5.41 Å². The molecule has 1 aromatic heterocycles. The van der Waals surface area contributed by atoms with E-state index in [0.29, 0.717) is 5.56 Å². The molecule has 0 aliphatic carbocycles. The molecule has 0 bridgehead atoms. The number of hydrogen-bond acceptors (Lipinski definition) is 0. The third-order valence-corrected chi connectivity index (χ3v) is 1.86. The van der Waals surface area contributed by atoms with Crippen molar-refractivity contribution in [3.63, 3.8) is 0 Å². The van der Waals surface area contributed by atoms with Crippen molar-refractivity contribution in [2.24, 2.45) is 7.05 Å². The summed E-state index contributed by atoms with van der Waals surface area (Å²) in [4.78, 5) is 0. The first-order valence-electron chi connectivity index (χ1n) is 3.85. The summed E-state index contributed by atoms with van der Waals surface area (Å²) in [5.41, 5.74) is 0.0779. The number of rotatable bonds is 0. The topological polar surface area (TPSA) is 4.93 Å². The van der Waals surface area contributed by atoms with Crippen LogP contribution in [-0.2, 0) is 12.5 Å². The summed E-state index contributed by atoms with van der Waals surface area (Å²) < 4.78 is 27.2. The maximum atomic E-state index is 13.1. The van der Waals surface area contributed by atoms with Crippen molar-refractivity contribution in [1.29, 1.82) is 0 Å². The van der Waals surface area contributed by atoms with Gasteiger partial charge in [0.1, 0.15) is 0 Å². The molecule has 1 aromatic rings. The predicted octanol–water partition coefficient (Wildman–Crippen LogP) is 2.60.